The Hall–Kier alpha value is -3.15. The Morgan fingerprint density at radius 3 is 2.71 bits per heavy atom. The van der Waals surface area contributed by atoms with Crippen LogP contribution in [0.1, 0.15) is 29.9 Å². The average Bonchev–Trinajstić information content (AvgIpc) is 3.16. The third kappa shape index (κ3) is 5.94. The molecule has 1 heterocycles. The van der Waals surface area contributed by atoms with Crippen LogP contribution in [-0.2, 0) is 11.2 Å². The standard InChI is InChI=1S/C22H25N3O3/c1-16-7-9-18(10-8-16)22-24-21(28-25-22)12-11-20(26)23-13-4-14-27-19-6-3-5-17(2)15-19/h3,5-10,15H,4,11-14H2,1-2H3,(H,23,26). The lowest BCUT2D eigenvalue weighted by Gasteiger charge is -2.07. The van der Waals surface area contributed by atoms with E-state index in [0.29, 0.717) is 37.7 Å². The highest BCUT2D eigenvalue weighted by Crippen LogP contribution is 2.17. The van der Waals surface area contributed by atoms with Gasteiger partial charge in [-0.15, -0.1) is 0 Å². The minimum atomic E-state index is -0.0364. The van der Waals surface area contributed by atoms with E-state index in [1.54, 1.807) is 0 Å². The quantitative estimate of drug-likeness (QED) is 0.571. The second kappa shape index (κ2) is 9.69. The van der Waals surface area contributed by atoms with Crippen LogP contribution in [0.25, 0.3) is 11.4 Å². The highest BCUT2D eigenvalue weighted by molar-refractivity contribution is 5.76. The summed E-state index contributed by atoms with van der Waals surface area (Å²) in [5.74, 6) is 1.83. The number of amides is 1. The number of carbonyl (C=O) groups excluding carboxylic acids is 1. The summed E-state index contributed by atoms with van der Waals surface area (Å²) in [6.07, 6.45) is 1.48. The summed E-state index contributed by atoms with van der Waals surface area (Å²) < 4.78 is 10.9. The van der Waals surface area contributed by atoms with Gasteiger partial charge in [-0.05, 0) is 38.0 Å². The lowest BCUT2D eigenvalue weighted by molar-refractivity contribution is -0.121. The van der Waals surface area contributed by atoms with Crippen molar-refractivity contribution in [3.8, 4) is 17.1 Å². The van der Waals surface area contributed by atoms with Crippen LogP contribution in [0.15, 0.2) is 53.1 Å². The molecule has 0 aliphatic carbocycles. The van der Waals surface area contributed by atoms with E-state index in [1.165, 1.54) is 5.56 Å². The summed E-state index contributed by atoms with van der Waals surface area (Å²) in [7, 11) is 0. The monoisotopic (exact) mass is 379 g/mol. The largest absolute Gasteiger partial charge is 0.494 e. The molecule has 146 valence electrons. The summed E-state index contributed by atoms with van der Waals surface area (Å²) >= 11 is 0. The van der Waals surface area contributed by atoms with Gasteiger partial charge in [0.15, 0.2) is 0 Å². The fraction of sp³-hybridized carbons (Fsp3) is 0.318. The van der Waals surface area contributed by atoms with Crippen molar-refractivity contribution in [3.63, 3.8) is 0 Å². The van der Waals surface area contributed by atoms with Gasteiger partial charge in [-0.1, -0.05) is 47.1 Å². The van der Waals surface area contributed by atoms with Gasteiger partial charge < -0.3 is 14.6 Å². The molecule has 0 saturated carbocycles. The molecule has 1 amide bonds. The van der Waals surface area contributed by atoms with Crippen molar-refractivity contribution in [3.05, 3.63) is 65.5 Å². The minimum Gasteiger partial charge on any atom is -0.494 e. The molecular weight excluding hydrogens is 354 g/mol. The number of hydrogen-bond donors (Lipinski definition) is 1. The Labute approximate surface area is 164 Å². The smallest absolute Gasteiger partial charge is 0.227 e. The van der Waals surface area contributed by atoms with Gasteiger partial charge in [0, 0.05) is 24.9 Å². The predicted molar refractivity (Wildman–Crippen MR) is 107 cm³/mol. The Bertz CT molecular complexity index is 903. The fourth-order valence-corrected chi connectivity index (χ4v) is 2.68. The van der Waals surface area contributed by atoms with E-state index in [4.69, 9.17) is 9.26 Å². The number of carbonyl (C=O) groups is 1. The van der Waals surface area contributed by atoms with Crippen molar-refractivity contribution in [1.29, 1.82) is 0 Å². The molecule has 3 aromatic rings. The normalized spacial score (nSPS) is 10.6. The average molecular weight is 379 g/mol. The molecule has 1 aromatic heterocycles. The van der Waals surface area contributed by atoms with Crippen LogP contribution in [-0.4, -0.2) is 29.2 Å². The van der Waals surface area contributed by atoms with Gasteiger partial charge in [-0.25, -0.2) is 0 Å². The first-order valence-corrected chi connectivity index (χ1v) is 9.46. The molecule has 6 nitrogen and oxygen atoms in total. The Morgan fingerprint density at radius 1 is 1.11 bits per heavy atom. The van der Waals surface area contributed by atoms with E-state index in [1.807, 2.05) is 62.4 Å². The predicted octanol–water partition coefficient (Wildman–Crippen LogP) is 3.87. The lowest BCUT2D eigenvalue weighted by atomic mass is 10.1. The lowest BCUT2D eigenvalue weighted by Crippen LogP contribution is -2.25. The maximum atomic E-state index is 12.0. The van der Waals surface area contributed by atoms with Crippen molar-refractivity contribution in [1.82, 2.24) is 15.5 Å². The number of aryl methyl sites for hydroxylation is 3. The van der Waals surface area contributed by atoms with Gasteiger partial charge in [0.05, 0.1) is 6.61 Å². The van der Waals surface area contributed by atoms with Crippen LogP contribution < -0.4 is 10.1 Å². The van der Waals surface area contributed by atoms with Gasteiger partial charge in [-0.3, -0.25) is 4.79 Å². The molecule has 0 fully saturated rings. The third-order valence-corrected chi connectivity index (χ3v) is 4.25. The van der Waals surface area contributed by atoms with Crippen LogP contribution in [0.4, 0.5) is 0 Å². The molecule has 0 radical (unpaired) electrons. The molecular formula is C22H25N3O3. The first-order valence-electron chi connectivity index (χ1n) is 9.46. The molecule has 0 bridgehead atoms. The van der Waals surface area contributed by atoms with Crippen molar-refractivity contribution in [2.45, 2.75) is 33.1 Å². The summed E-state index contributed by atoms with van der Waals surface area (Å²) in [6, 6.07) is 15.8. The van der Waals surface area contributed by atoms with Crippen molar-refractivity contribution in [2.24, 2.45) is 0 Å². The molecule has 0 aliphatic heterocycles. The Morgan fingerprint density at radius 2 is 1.93 bits per heavy atom. The molecule has 1 N–H and O–H groups in total. The van der Waals surface area contributed by atoms with Gasteiger partial charge in [0.2, 0.25) is 17.6 Å². The van der Waals surface area contributed by atoms with E-state index >= 15 is 0 Å². The van der Waals surface area contributed by atoms with Gasteiger partial charge >= 0.3 is 0 Å². The number of aromatic nitrogens is 2. The van der Waals surface area contributed by atoms with E-state index in [9.17, 15) is 4.79 Å². The third-order valence-electron chi connectivity index (χ3n) is 4.25. The highest BCUT2D eigenvalue weighted by Gasteiger charge is 2.10. The Kier molecular flexibility index (Phi) is 6.78. The van der Waals surface area contributed by atoms with Crippen LogP contribution in [0.5, 0.6) is 5.75 Å². The number of rotatable bonds is 9. The van der Waals surface area contributed by atoms with Crippen LogP contribution in [0.3, 0.4) is 0 Å². The van der Waals surface area contributed by atoms with Crippen molar-refractivity contribution >= 4 is 5.91 Å². The van der Waals surface area contributed by atoms with E-state index in [-0.39, 0.29) is 5.91 Å². The minimum absolute atomic E-state index is 0.0364. The van der Waals surface area contributed by atoms with Gasteiger partial charge in [-0.2, -0.15) is 4.98 Å². The maximum absolute atomic E-state index is 12.0. The first kappa shape index (κ1) is 19.6. The second-order valence-corrected chi connectivity index (χ2v) is 6.75. The highest BCUT2D eigenvalue weighted by atomic mass is 16.5. The SMILES string of the molecule is Cc1ccc(-c2noc(CCC(=O)NCCCOc3cccc(C)c3)n2)cc1. The number of nitrogens with one attached hydrogen (secondary N) is 1. The summed E-state index contributed by atoms with van der Waals surface area (Å²) in [4.78, 5) is 16.3. The van der Waals surface area contributed by atoms with Crippen LogP contribution in [0.2, 0.25) is 0 Å². The fourth-order valence-electron chi connectivity index (χ4n) is 2.68. The molecule has 0 atom stereocenters. The molecule has 2 aromatic carbocycles. The molecule has 0 saturated heterocycles. The number of nitrogens with zero attached hydrogens (tertiary/aromatic N) is 2. The zero-order chi connectivity index (χ0) is 19.8. The number of ether oxygens (including phenoxy) is 1. The summed E-state index contributed by atoms with van der Waals surface area (Å²) in [6.45, 7) is 5.19. The van der Waals surface area contributed by atoms with E-state index < -0.39 is 0 Å². The topological polar surface area (TPSA) is 77.2 Å². The molecule has 28 heavy (non-hydrogen) atoms. The van der Waals surface area contributed by atoms with E-state index in [2.05, 4.69) is 15.5 Å². The zero-order valence-corrected chi connectivity index (χ0v) is 16.3. The van der Waals surface area contributed by atoms with Crippen molar-refractivity contribution < 1.29 is 14.1 Å². The number of hydrogen-bond acceptors (Lipinski definition) is 5. The second-order valence-electron chi connectivity index (χ2n) is 6.75. The van der Waals surface area contributed by atoms with Crippen molar-refractivity contribution in [2.75, 3.05) is 13.2 Å². The van der Waals surface area contributed by atoms with Crippen LogP contribution >= 0.6 is 0 Å². The summed E-state index contributed by atoms with van der Waals surface area (Å²) in [5.41, 5.74) is 3.24. The molecule has 0 unspecified atom stereocenters. The molecule has 0 spiro atoms. The van der Waals surface area contributed by atoms with E-state index in [0.717, 1.165) is 23.3 Å². The van der Waals surface area contributed by atoms with Gasteiger partial charge in [0.25, 0.3) is 0 Å². The molecule has 0 aliphatic rings. The Balaban J connectivity index is 1.34. The molecule has 6 heteroatoms. The first-order chi connectivity index (χ1) is 13.6. The van der Waals surface area contributed by atoms with Crippen LogP contribution in [0, 0.1) is 13.8 Å². The number of benzene rings is 2. The molecule has 3 rings (SSSR count). The zero-order valence-electron chi connectivity index (χ0n) is 16.3. The maximum Gasteiger partial charge on any atom is 0.227 e. The summed E-state index contributed by atoms with van der Waals surface area (Å²) in [5, 5.41) is 6.87. The van der Waals surface area contributed by atoms with Gasteiger partial charge in [0.1, 0.15) is 5.75 Å².